The molecule has 0 unspecified atom stereocenters. The van der Waals surface area contributed by atoms with Crippen LogP contribution in [0.2, 0.25) is 0 Å². The molecule has 1 aliphatic heterocycles. The summed E-state index contributed by atoms with van der Waals surface area (Å²) in [5.41, 5.74) is 2.78. The fraction of sp³-hybridized carbons (Fsp3) is 0.286. The Hall–Kier alpha value is -2.95. The third kappa shape index (κ3) is 4.57. The van der Waals surface area contributed by atoms with Crippen molar-refractivity contribution in [2.24, 2.45) is 5.92 Å². The van der Waals surface area contributed by atoms with Crippen LogP contribution in [0.5, 0.6) is 0 Å². The Labute approximate surface area is 152 Å². The second-order valence-electron chi connectivity index (χ2n) is 6.78. The molecule has 0 aromatic heterocycles. The van der Waals surface area contributed by atoms with Gasteiger partial charge in [0.2, 0.25) is 17.7 Å². The maximum absolute atomic E-state index is 12.4. The van der Waals surface area contributed by atoms with E-state index in [2.05, 4.69) is 10.6 Å². The van der Waals surface area contributed by atoms with Gasteiger partial charge in [0.05, 0.1) is 0 Å². The van der Waals surface area contributed by atoms with Gasteiger partial charge in [0.25, 0.3) is 0 Å². The third-order valence-electron chi connectivity index (χ3n) is 4.62. The lowest BCUT2D eigenvalue weighted by Gasteiger charge is -2.21. The predicted octanol–water partition coefficient (Wildman–Crippen LogP) is 3.02. The van der Waals surface area contributed by atoms with Crippen LogP contribution >= 0.6 is 0 Å². The number of rotatable bonds is 5. The number of piperidine rings is 1. The molecule has 5 nitrogen and oxygen atoms in total. The van der Waals surface area contributed by atoms with E-state index in [-0.39, 0.29) is 29.6 Å². The molecular weight excluding hydrogens is 328 g/mol. The lowest BCUT2D eigenvalue weighted by Crippen LogP contribution is -2.37. The highest BCUT2D eigenvalue weighted by atomic mass is 16.2. The fourth-order valence-electron chi connectivity index (χ4n) is 3.18. The number of nitrogens with one attached hydrogen (secondary N) is 2. The molecule has 0 saturated carbocycles. The Morgan fingerprint density at radius 3 is 2.27 bits per heavy atom. The summed E-state index contributed by atoms with van der Waals surface area (Å²) < 4.78 is 0. The van der Waals surface area contributed by atoms with Crippen molar-refractivity contribution in [3.05, 3.63) is 65.7 Å². The maximum Gasteiger partial charge on any atom is 0.227 e. The molecule has 26 heavy (non-hydrogen) atoms. The molecule has 3 amide bonds. The Kier molecular flexibility index (Phi) is 5.46. The van der Waals surface area contributed by atoms with Gasteiger partial charge in [-0.05, 0) is 29.7 Å². The number of amides is 3. The van der Waals surface area contributed by atoms with Crippen LogP contribution in [0.15, 0.2) is 54.6 Å². The first-order chi connectivity index (χ1) is 12.5. The molecule has 1 heterocycles. The molecule has 0 aliphatic carbocycles. The summed E-state index contributed by atoms with van der Waals surface area (Å²) in [5.74, 6) is -0.750. The van der Waals surface area contributed by atoms with Crippen molar-refractivity contribution in [2.75, 3.05) is 5.32 Å². The maximum atomic E-state index is 12.4. The smallest absolute Gasteiger partial charge is 0.227 e. The Morgan fingerprint density at radius 2 is 1.65 bits per heavy atom. The lowest BCUT2D eigenvalue weighted by atomic mass is 9.89. The van der Waals surface area contributed by atoms with E-state index >= 15 is 0 Å². The zero-order valence-corrected chi connectivity index (χ0v) is 14.7. The molecule has 1 saturated heterocycles. The van der Waals surface area contributed by atoms with Crippen molar-refractivity contribution in [2.45, 2.75) is 32.1 Å². The molecule has 0 bridgehead atoms. The molecular formula is C21H22N2O3. The Morgan fingerprint density at radius 1 is 1.04 bits per heavy atom. The van der Waals surface area contributed by atoms with Crippen molar-refractivity contribution < 1.29 is 14.4 Å². The van der Waals surface area contributed by atoms with E-state index < -0.39 is 0 Å². The SMILES string of the molecule is C[C@H](Cc1ccccc1)C(=O)Nc1ccc(C2CC(=O)NC(=O)C2)cc1. The van der Waals surface area contributed by atoms with Crippen molar-refractivity contribution in [3.63, 3.8) is 0 Å². The lowest BCUT2D eigenvalue weighted by molar-refractivity contribution is -0.133. The van der Waals surface area contributed by atoms with Gasteiger partial charge < -0.3 is 5.32 Å². The minimum atomic E-state index is -0.238. The Bertz CT molecular complexity index is 784. The Balaban J connectivity index is 1.59. The van der Waals surface area contributed by atoms with E-state index in [1.54, 1.807) is 0 Å². The van der Waals surface area contributed by atoms with Crippen LogP contribution in [-0.2, 0) is 20.8 Å². The average Bonchev–Trinajstić information content (AvgIpc) is 2.62. The van der Waals surface area contributed by atoms with Gasteiger partial charge in [-0.3, -0.25) is 19.7 Å². The van der Waals surface area contributed by atoms with Crippen molar-refractivity contribution in [1.29, 1.82) is 0 Å². The molecule has 134 valence electrons. The summed E-state index contributed by atoms with van der Waals surface area (Å²) in [6, 6.07) is 17.3. The van der Waals surface area contributed by atoms with Gasteiger partial charge >= 0.3 is 0 Å². The van der Waals surface area contributed by atoms with Crippen LogP contribution in [0.1, 0.15) is 36.8 Å². The van der Waals surface area contributed by atoms with E-state index in [4.69, 9.17) is 0 Å². The monoisotopic (exact) mass is 350 g/mol. The first kappa shape index (κ1) is 17.9. The summed E-state index contributed by atoms with van der Waals surface area (Å²) in [7, 11) is 0. The molecule has 1 aliphatic rings. The van der Waals surface area contributed by atoms with E-state index in [1.807, 2.05) is 61.5 Å². The molecule has 2 N–H and O–H groups in total. The van der Waals surface area contributed by atoms with Crippen LogP contribution in [0.25, 0.3) is 0 Å². The van der Waals surface area contributed by atoms with Gasteiger partial charge in [-0.15, -0.1) is 0 Å². The number of carbonyl (C=O) groups excluding carboxylic acids is 3. The van der Waals surface area contributed by atoms with Gasteiger partial charge in [-0.2, -0.15) is 0 Å². The van der Waals surface area contributed by atoms with Crippen LogP contribution in [0.3, 0.4) is 0 Å². The number of hydrogen-bond donors (Lipinski definition) is 2. The zero-order valence-electron chi connectivity index (χ0n) is 14.7. The second-order valence-corrected chi connectivity index (χ2v) is 6.78. The molecule has 2 aromatic rings. The molecule has 1 fully saturated rings. The zero-order chi connectivity index (χ0) is 18.5. The number of carbonyl (C=O) groups is 3. The quantitative estimate of drug-likeness (QED) is 0.814. The first-order valence-electron chi connectivity index (χ1n) is 8.78. The van der Waals surface area contributed by atoms with Crippen LogP contribution in [0.4, 0.5) is 5.69 Å². The average molecular weight is 350 g/mol. The van der Waals surface area contributed by atoms with Crippen LogP contribution < -0.4 is 10.6 Å². The van der Waals surface area contributed by atoms with E-state index in [0.717, 1.165) is 11.1 Å². The standard InChI is InChI=1S/C21H22N2O3/c1-14(11-15-5-3-2-4-6-15)21(26)22-18-9-7-16(8-10-18)17-12-19(24)23-20(25)13-17/h2-10,14,17H,11-13H2,1H3,(H,22,26)(H,23,24,25)/t14-/m1/s1. The highest BCUT2D eigenvalue weighted by molar-refractivity contribution is 5.98. The number of anilines is 1. The number of benzene rings is 2. The minimum absolute atomic E-state index is 0.0335. The van der Waals surface area contributed by atoms with E-state index in [1.165, 1.54) is 0 Å². The second kappa shape index (κ2) is 7.95. The molecule has 0 radical (unpaired) electrons. The predicted molar refractivity (Wildman–Crippen MR) is 99.5 cm³/mol. The van der Waals surface area contributed by atoms with Gasteiger partial charge in [0.15, 0.2) is 0 Å². The van der Waals surface area contributed by atoms with Crippen LogP contribution in [0, 0.1) is 5.92 Å². The van der Waals surface area contributed by atoms with Crippen LogP contribution in [-0.4, -0.2) is 17.7 Å². The first-order valence-corrected chi connectivity index (χ1v) is 8.78. The summed E-state index contributed by atoms with van der Waals surface area (Å²) in [6.07, 6.45) is 1.31. The molecule has 1 atom stereocenters. The van der Waals surface area contributed by atoms with Crippen molar-refractivity contribution >= 4 is 23.4 Å². The van der Waals surface area contributed by atoms with Gasteiger partial charge in [0.1, 0.15) is 0 Å². The van der Waals surface area contributed by atoms with Gasteiger partial charge in [0, 0.05) is 30.4 Å². The van der Waals surface area contributed by atoms with E-state index in [0.29, 0.717) is 24.9 Å². The highest BCUT2D eigenvalue weighted by Gasteiger charge is 2.26. The topological polar surface area (TPSA) is 75.3 Å². The molecule has 5 heteroatoms. The number of imide groups is 1. The normalized spacial score (nSPS) is 16.0. The van der Waals surface area contributed by atoms with Crippen molar-refractivity contribution in [1.82, 2.24) is 5.32 Å². The van der Waals surface area contributed by atoms with Gasteiger partial charge in [-0.1, -0.05) is 49.4 Å². The molecule has 0 spiro atoms. The summed E-state index contributed by atoms with van der Waals surface area (Å²) in [5, 5.41) is 5.24. The molecule has 3 rings (SSSR count). The largest absolute Gasteiger partial charge is 0.326 e. The summed E-state index contributed by atoms with van der Waals surface area (Å²) in [4.78, 5) is 35.4. The number of hydrogen-bond acceptors (Lipinski definition) is 3. The highest BCUT2D eigenvalue weighted by Crippen LogP contribution is 2.27. The van der Waals surface area contributed by atoms with Gasteiger partial charge in [-0.25, -0.2) is 0 Å². The van der Waals surface area contributed by atoms with E-state index in [9.17, 15) is 14.4 Å². The summed E-state index contributed by atoms with van der Waals surface area (Å²) in [6.45, 7) is 1.91. The van der Waals surface area contributed by atoms with Crippen molar-refractivity contribution in [3.8, 4) is 0 Å². The fourth-order valence-corrected chi connectivity index (χ4v) is 3.18. The minimum Gasteiger partial charge on any atom is -0.326 e. The molecule has 2 aromatic carbocycles. The third-order valence-corrected chi connectivity index (χ3v) is 4.62. The summed E-state index contributed by atoms with van der Waals surface area (Å²) >= 11 is 0.